The van der Waals surface area contributed by atoms with E-state index in [0.717, 1.165) is 11.1 Å². The van der Waals surface area contributed by atoms with Gasteiger partial charge >= 0.3 is 6.09 Å². The maximum absolute atomic E-state index is 14.1. The molecule has 45 heavy (non-hydrogen) atoms. The molecule has 3 aromatic heterocycles. The number of imidazole rings is 1. The van der Waals surface area contributed by atoms with Crippen LogP contribution in [0.15, 0.2) is 67.4 Å². The number of aromatic nitrogens is 7. The molecule has 1 amide bonds. The maximum Gasteiger partial charge on any atom is 0.410 e. The quantitative estimate of drug-likeness (QED) is 0.282. The summed E-state index contributed by atoms with van der Waals surface area (Å²) in [6.45, 7) is 7.69. The summed E-state index contributed by atoms with van der Waals surface area (Å²) in [5.41, 5.74) is 2.78. The third kappa shape index (κ3) is 6.60. The summed E-state index contributed by atoms with van der Waals surface area (Å²) in [7, 11) is 0. The zero-order valence-corrected chi connectivity index (χ0v) is 25.2. The Hall–Kier alpha value is -4.98. The minimum Gasteiger partial charge on any atom is -0.444 e. The van der Waals surface area contributed by atoms with E-state index in [1.807, 2.05) is 27.0 Å². The topological polar surface area (TPSA) is 134 Å². The van der Waals surface area contributed by atoms with Crippen molar-refractivity contribution in [3.05, 3.63) is 101 Å². The van der Waals surface area contributed by atoms with Crippen LogP contribution in [-0.4, -0.2) is 82.2 Å². The first kappa shape index (κ1) is 30.1. The third-order valence-corrected chi connectivity index (χ3v) is 7.71. The lowest BCUT2D eigenvalue weighted by molar-refractivity contribution is 0.00755. The molecule has 2 aromatic carbocycles. The largest absolute Gasteiger partial charge is 0.444 e. The Morgan fingerprint density at radius 2 is 1.58 bits per heavy atom. The number of ether oxygens (including phenoxy) is 1. The average Bonchev–Trinajstić information content (AvgIpc) is 3.69. The first-order chi connectivity index (χ1) is 21.6. The molecule has 6 rings (SSSR count). The number of rotatable bonds is 7. The highest BCUT2D eigenvalue weighted by Gasteiger charge is 2.36. The number of H-pyrrole nitrogens is 1. The lowest BCUT2D eigenvalue weighted by Crippen LogP contribution is -2.52. The summed E-state index contributed by atoms with van der Waals surface area (Å²) in [5, 5.41) is 17.0. The highest BCUT2D eigenvalue weighted by Crippen LogP contribution is 2.38. The number of aromatic amines is 1. The second kappa shape index (κ2) is 12.2. The van der Waals surface area contributed by atoms with Gasteiger partial charge in [0.25, 0.3) is 0 Å². The van der Waals surface area contributed by atoms with Crippen molar-refractivity contribution < 1.29 is 18.3 Å². The molecule has 1 fully saturated rings. The SMILES string of the molecule is CC(C)(C)OC(=O)N1CCN([C@H](c2ccc(F)cc2)[C@H](c2ccc(F)cc2)n2cc(Cn3cnc(=N)c4[nH]cnc43)nn2)CC1. The predicted octanol–water partition coefficient (Wildman–Crippen LogP) is 4.04. The summed E-state index contributed by atoms with van der Waals surface area (Å²) in [6, 6.07) is 11.7. The van der Waals surface area contributed by atoms with E-state index in [1.165, 1.54) is 36.9 Å². The molecular weight excluding hydrogens is 582 g/mol. The van der Waals surface area contributed by atoms with E-state index in [9.17, 15) is 13.6 Å². The molecule has 0 unspecified atom stereocenters. The number of nitrogens with zero attached hydrogens (tertiary/aromatic N) is 8. The highest BCUT2D eigenvalue weighted by atomic mass is 19.1. The van der Waals surface area contributed by atoms with Crippen LogP contribution in [0.3, 0.4) is 0 Å². The summed E-state index contributed by atoms with van der Waals surface area (Å²) >= 11 is 0. The number of piperazine rings is 1. The number of carbonyl (C=O) groups is 1. The molecule has 14 heteroatoms. The van der Waals surface area contributed by atoms with Gasteiger partial charge in [-0.15, -0.1) is 5.10 Å². The molecule has 1 aliphatic heterocycles. The fraction of sp³-hybridized carbons (Fsp3) is 0.355. The molecule has 1 saturated heterocycles. The van der Waals surface area contributed by atoms with Crippen molar-refractivity contribution in [2.45, 2.75) is 45.0 Å². The Bertz CT molecular complexity index is 1840. The van der Waals surface area contributed by atoms with Gasteiger partial charge in [0.15, 0.2) is 11.1 Å². The molecule has 12 nitrogen and oxygen atoms in total. The molecule has 0 bridgehead atoms. The zero-order chi connectivity index (χ0) is 31.7. The summed E-state index contributed by atoms with van der Waals surface area (Å²) in [6.07, 6.45) is 4.50. The van der Waals surface area contributed by atoms with E-state index in [0.29, 0.717) is 49.6 Å². The Morgan fingerprint density at radius 1 is 0.956 bits per heavy atom. The standard InChI is InChI=1S/C31H34F2N10O2/c1-31(2,3)45-30(44)41-14-12-40(13-15-41)26(20-4-8-22(32)9-5-20)27(21-6-10-23(33)11-7-21)43-17-24(38-39-43)16-42-19-37-28(34)25-29(42)36-18-35-25/h4-11,17-19,26-27,34H,12-16H2,1-3H3,(H,35,36)/t26-,27+/m1/s1. The van der Waals surface area contributed by atoms with Crippen LogP contribution >= 0.6 is 0 Å². The molecule has 0 radical (unpaired) electrons. The van der Waals surface area contributed by atoms with E-state index in [-0.39, 0.29) is 29.3 Å². The van der Waals surface area contributed by atoms with E-state index in [1.54, 1.807) is 38.4 Å². The Labute approximate surface area is 257 Å². The van der Waals surface area contributed by atoms with Gasteiger partial charge in [-0.1, -0.05) is 29.5 Å². The van der Waals surface area contributed by atoms with Gasteiger partial charge in [-0.2, -0.15) is 0 Å². The number of hydrogen-bond acceptors (Lipinski definition) is 8. The molecular formula is C31H34F2N10O2. The van der Waals surface area contributed by atoms with Crippen LogP contribution in [0, 0.1) is 17.0 Å². The fourth-order valence-corrected chi connectivity index (χ4v) is 5.64. The Balaban J connectivity index is 1.36. The number of carbonyl (C=O) groups excluding carboxylic acids is 1. The Kier molecular flexibility index (Phi) is 8.14. The summed E-state index contributed by atoms with van der Waals surface area (Å²) < 4.78 is 37.3. The van der Waals surface area contributed by atoms with Crippen molar-refractivity contribution in [3.8, 4) is 0 Å². The molecule has 1 aliphatic rings. The van der Waals surface area contributed by atoms with Crippen LogP contribution in [0.4, 0.5) is 13.6 Å². The second-order valence-corrected chi connectivity index (χ2v) is 12.0. The van der Waals surface area contributed by atoms with Gasteiger partial charge in [0.2, 0.25) is 0 Å². The van der Waals surface area contributed by atoms with E-state index in [2.05, 4.69) is 30.2 Å². The minimum absolute atomic E-state index is 0.0904. The van der Waals surface area contributed by atoms with Crippen LogP contribution in [-0.2, 0) is 11.3 Å². The van der Waals surface area contributed by atoms with Gasteiger partial charge < -0.3 is 19.2 Å². The zero-order valence-electron chi connectivity index (χ0n) is 25.2. The first-order valence-electron chi connectivity index (χ1n) is 14.6. The summed E-state index contributed by atoms with van der Waals surface area (Å²) in [5.74, 6) is -0.728. The molecule has 5 aromatic rings. The van der Waals surface area contributed by atoms with Gasteiger partial charge in [0.1, 0.15) is 28.4 Å². The van der Waals surface area contributed by atoms with Gasteiger partial charge in [0.05, 0.1) is 37.5 Å². The fourth-order valence-electron chi connectivity index (χ4n) is 5.64. The van der Waals surface area contributed by atoms with Gasteiger partial charge in [-0.3, -0.25) is 10.3 Å². The van der Waals surface area contributed by atoms with Crippen LogP contribution in [0.1, 0.15) is 49.7 Å². The van der Waals surface area contributed by atoms with Crippen molar-refractivity contribution in [2.24, 2.45) is 0 Å². The minimum atomic E-state index is -0.607. The second-order valence-electron chi connectivity index (χ2n) is 12.0. The van der Waals surface area contributed by atoms with Gasteiger partial charge in [0, 0.05) is 26.2 Å². The number of halogens is 2. The van der Waals surface area contributed by atoms with Crippen molar-refractivity contribution >= 4 is 17.3 Å². The predicted molar refractivity (Wildman–Crippen MR) is 160 cm³/mol. The van der Waals surface area contributed by atoms with Gasteiger partial charge in [-0.05, 0) is 56.2 Å². The third-order valence-electron chi connectivity index (χ3n) is 7.71. The first-order valence-corrected chi connectivity index (χ1v) is 14.6. The summed E-state index contributed by atoms with van der Waals surface area (Å²) in [4.78, 5) is 28.1. The van der Waals surface area contributed by atoms with Crippen molar-refractivity contribution in [3.63, 3.8) is 0 Å². The van der Waals surface area contributed by atoms with Crippen LogP contribution < -0.4 is 5.49 Å². The number of hydrogen-bond donors (Lipinski definition) is 2. The van der Waals surface area contributed by atoms with Crippen LogP contribution in [0.25, 0.3) is 11.2 Å². The number of nitrogens with one attached hydrogen (secondary N) is 2. The smallest absolute Gasteiger partial charge is 0.410 e. The van der Waals surface area contributed by atoms with Crippen LogP contribution in [0.2, 0.25) is 0 Å². The van der Waals surface area contributed by atoms with E-state index in [4.69, 9.17) is 10.1 Å². The monoisotopic (exact) mass is 616 g/mol. The van der Waals surface area contributed by atoms with Crippen LogP contribution in [0.5, 0.6) is 0 Å². The number of benzene rings is 2. The lowest BCUT2D eigenvalue weighted by Gasteiger charge is -2.42. The van der Waals surface area contributed by atoms with Crippen molar-refractivity contribution in [1.82, 2.24) is 44.3 Å². The van der Waals surface area contributed by atoms with E-state index < -0.39 is 11.6 Å². The molecule has 0 saturated carbocycles. The molecule has 2 atom stereocenters. The molecule has 234 valence electrons. The maximum atomic E-state index is 14.1. The molecule has 0 aliphatic carbocycles. The average molecular weight is 617 g/mol. The molecule has 4 heterocycles. The van der Waals surface area contributed by atoms with Crippen molar-refractivity contribution in [2.75, 3.05) is 26.2 Å². The lowest BCUT2D eigenvalue weighted by atomic mass is 9.91. The number of fused-ring (bicyclic) bond motifs is 1. The number of amides is 1. The highest BCUT2D eigenvalue weighted by molar-refractivity contribution is 5.68. The molecule has 0 spiro atoms. The normalized spacial score (nSPS) is 15.7. The molecule has 2 N–H and O–H groups in total. The van der Waals surface area contributed by atoms with Crippen molar-refractivity contribution in [1.29, 1.82) is 5.41 Å². The Morgan fingerprint density at radius 3 is 2.20 bits per heavy atom. The van der Waals surface area contributed by atoms with E-state index >= 15 is 0 Å². The van der Waals surface area contributed by atoms with Gasteiger partial charge in [-0.25, -0.2) is 28.2 Å².